The van der Waals surface area contributed by atoms with Gasteiger partial charge in [-0.2, -0.15) is 5.10 Å². The van der Waals surface area contributed by atoms with Crippen LogP contribution in [0.4, 0.5) is 9.18 Å². The summed E-state index contributed by atoms with van der Waals surface area (Å²) in [5, 5.41) is 13.9. The van der Waals surface area contributed by atoms with Crippen LogP contribution < -0.4 is 26.2 Å². The Morgan fingerprint density at radius 3 is 2.42 bits per heavy atom. The van der Waals surface area contributed by atoms with Gasteiger partial charge in [0.1, 0.15) is 23.6 Å². The minimum Gasteiger partial charge on any atom is -0.481 e. The Morgan fingerprint density at radius 1 is 1.06 bits per heavy atom. The van der Waals surface area contributed by atoms with Gasteiger partial charge >= 0.3 is 6.09 Å². The first-order valence-corrected chi connectivity index (χ1v) is 17.4. The second-order valence-electron chi connectivity index (χ2n) is 13.1. The van der Waals surface area contributed by atoms with Crippen LogP contribution in [0.1, 0.15) is 38.1 Å². The minimum atomic E-state index is -1.41. The second kappa shape index (κ2) is 15.3. The first kappa shape index (κ1) is 36.8. The lowest BCUT2D eigenvalue weighted by Crippen LogP contribution is -2.38. The topological polar surface area (TPSA) is 141 Å². The van der Waals surface area contributed by atoms with Crippen LogP contribution in [0.15, 0.2) is 65.6 Å². The van der Waals surface area contributed by atoms with Crippen molar-refractivity contribution in [1.29, 1.82) is 0 Å². The van der Waals surface area contributed by atoms with E-state index >= 15 is 0 Å². The molecule has 6 rings (SSSR count). The number of carbonyl (C=O) groups is 2. The first-order valence-electron chi connectivity index (χ1n) is 16.6. The molecule has 1 atom stereocenters. The molecule has 15 heteroatoms. The third-order valence-corrected chi connectivity index (χ3v) is 9.52. The second-order valence-corrected chi connectivity index (χ2v) is 13.9. The molecule has 1 aliphatic rings. The summed E-state index contributed by atoms with van der Waals surface area (Å²) in [5.74, 6) is 0.688. The van der Waals surface area contributed by atoms with Gasteiger partial charge in [-0.3, -0.25) is 14.2 Å². The van der Waals surface area contributed by atoms with E-state index in [-0.39, 0.29) is 49.6 Å². The van der Waals surface area contributed by atoms with Crippen LogP contribution in [0.3, 0.4) is 0 Å². The number of nitrogens with zero attached hydrogens (tertiary/aromatic N) is 4. The fourth-order valence-electron chi connectivity index (χ4n) is 5.99. The zero-order valence-electron chi connectivity index (χ0n) is 29.1. The maximum absolute atomic E-state index is 14.0. The number of halogens is 3. The van der Waals surface area contributed by atoms with Crippen LogP contribution in [-0.4, -0.2) is 63.1 Å². The standard InChI is InChI=1S/C37H38Cl2FN7O5/c1-37(2,40)20-41-17-30-45-47-18-22(15-29(47)35(49)46(30)3)24-7-5-8-25(32(24)38)26-9-6-10-27(33(26)39)28-13-11-21(34(44-28)51-4)19-52-36(50)42-16-23-12-14-31(48)43-23/h5-11,13,15,18,23,41H,12,14,16-17,19-20H2,1-4H3,(H,42,50)(H,43,48). The number of ether oxygens (including phenoxy) is 2. The molecule has 1 aliphatic heterocycles. The SMILES string of the molecule is COc1nc(-c2cccc(-c3cccc(-c4cc5c(=O)n(C)c(CNCC(C)(C)F)nn5c4)c3Cl)c2Cl)ccc1COC(=O)NCC1CCC(=O)N1. The number of pyridine rings is 1. The van der Waals surface area contributed by atoms with Crippen molar-refractivity contribution >= 4 is 40.7 Å². The highest BCUT2D eigenvalue weighted by atomic mass is 35.5. The van der Waals surface area contributed by atoms with Crippen molar-refractivity contribution in [3.05, 3.63) is 92.6 Å². The Bertz CT molecular complexity index is 2220. The average molecular weight is 751 g/mol. The van der Waals surface area contributed by atoms with Gasteiger partial charge in [0, 0.05) is 66.6 Å². The van der Waals surface area contributed by atoms with Crippen LogP contribution in [0, 0.1) is 0 Å². The molecule has 52 heavy (non-hydrogen) atoms. The number of aromatic nitrogens is 4. The fourth-order valence-corrected chi connectivity index (χ4v) is 6.65. The zero-order valence-corrected chi connectivity index (χ0v) is 30.6. The molecular formula is C37H38Cl2FN7O5. The molecule has 1 saturated heterocycles. The highest BCUT2D eigenvalue weighted by Crippen LogP contribution is 2.42. The number of amides is 2. The summed E-state index contributed by atoms with van der Waals surface area (Å²) in [7, 11) is 3.11. The van der Waals surface area contributed by atoms with Crippen molar-refractivity contribution in [3.63, 3.8) is 0 Å². The Hall–Kier alpha value is -4.98. The van der Waals surface area contributed by atoms with Crippen molar-refractivity contribution in [1.82, 2.24) is 35.1 Å². The molecule has 4 heterocycles. The first-order chi connectivity index (χ1) is 24.8. The summed E-state index contributed by atoms with van der Waals surface area (Å²) in [6.07, 6.45) is 2.22. The molecule has 2 amide bonds. The van der Waals surface area contributed by atoms with Gasteiger partial charge < -0.3 is 25.4 Å². The van der Waals surface area contributed by atoms with Crippen LogP contribution in [-0.2, 0) is 29.7 Å². The predicted molar refractivity (Wildman–Crippen MR) is 197 cm³/mol. The molecule has 1 unspecified atom stereocenters. The minimum absolute atomic E-state index is 0.0305. The van der Waals surface area contributed by atoms with Crippen LogP contribution in [0.5, 0.6) is 5.88 Å². The van der Waals surface area contributed by atoms with Crippen molar-refractivity contribution in [3.8, 4) is 39.4 Å². The van der Waals surface area contributed by atoms with Gasteiger partial charge in [0.2, 0.25) is 11.8 Å². The molecule has 3 N–H and O–H groups in total. The molecule has 0 spiro atoms. The third-order valence-electron chi connectivity index (χ3n) is 8.71. The maximum atomic E-state index is 14.0. The van der Waals surface area contributed by atoms with Crippen LogP contribution >= 0.6 is 23.2 Å². The Morgan fingerprint density at radius 2 is 1.75 bits per heavy atom. The number of rotatable bonds is 12. The van der Waals surface area contributed by atoms with Crippen LogP contribution in [0.25, 0.3) is 39.0 Å². The van der Waals surface area contributed by atoms with Crippen molar-refractivity contribution < 1.29 is 23.5 Å². The number of carbonyl (C=O) groups excluding carboxylic acids is 2. The summed E-state index contributed by atoms with van der Waals surface area (Å²) < 4.78 is 27.8. The summed E-state index contributed by atoms with van der Waals surface area (Å²) >= 11 is 14.1. The van der Waals surface area contributed by atoms with E-state index in [1.54, 1.807) is 31.4 Å². The molecule has 0 saturated carbocycles. The Balaban J connectivity index is 1.23. The Labute approximate surface area is 309 Å². The Kier molecular flexibility index (Phi) is 10.8. The summed E-state index contributed by atoms with van der Waals surface area (Å²) in [4.78, 5) is 41.6. The highest BCUT2D eigenvalue weighted by Gasteiger charge is 2.22. The van der Waals surface area contributed by atoms with Gasteiger partial charge in [-0.05, 0) is 38.5 Å². The predicted octanol–water partition coefficient (Wildman–Crippen LogP) is 6.09. The van der Waals surface area contributed by atoms with Gasteiger partial charge in [0.15, 0.2) is 0 Å². The third kappa shape index (κ3) is 8.06. The van der Waals surface area contributed by atoms with E-state index in [9.17, 15) is 18.8 Å². The zero-order chi connectivity index (χ0) is 37.2. The molecule has 12 nitrogen and oxygen atoms in total. The van der Waals surface area contributed by atoms with E-state index in [0.717, 1.165) is 0 Å². The van der Waals surface area contributed by atoms with E-state index in [4.69, 9.17) is 32.7 Å². The number of hydrogen-bond donors (Lipinski definition) is 3. The number of nitrogens with one attached hydrogen (secondary N) is 3. The molecule has 0 bridgehead atoms. The van der Waals surface area contributed by atoms with Crippen molar-refractivity contribution in [2.75, 3.05) is 20.2 Å². The molecule has 0 radical (unpaired) electrons. The number of benzene rings is 2. The lowest BCUT2D eigenvalue weighted by Gasteiger charge is -2.15. The molecule has 0 aliphatic carbocycles. The van der Waals surface area contributed by atoms with Gasteiger partial charge in [-0.25, -0.2) is 18.7 Å². The number of hydrogen-bond acceptors (Lipinski definition) is 8. The van der Waals surface area contributed by atoms with E-state index in [0.29, 0.717) is 73.3 Å². The summed E-state index contributed by atoms with van der Waals surface area (Å²) in [6.45, 7) is 3.48. The smallest absolute Gasteiger partial charge is 0.407 e. The summed E-state index contributed by atoms with van der Waals surface area (Å²) in [6, 6.07) is 16.3. The number of methoxy groups -OCH3 is 1. The normalized spacial score (nSPS) is 14.4. The average Bonchev–Trinajstić information content (AvgIpc) is 3.74. The number of alkyl halides is 1. The molecule has 272 valence electrons. The molecule has 3 aromatic heterocycles. The van der Waals surface area contributed by atoms with Crippen molar-refractivity contribution in [2.45, 2.75) is 51.6 Å². The van der Waals surface area contributed by atoms with Gasteiger partial charge in [-0.1, -0.05) is 59.6 Å². The fraction of sp³-hybridized carbons (Fsp3) is 0.324. The van der Waals surface area contributed by atoms with Gasteiger partial charge in [-0.15, -0.1) is 0 Å². The van der Waals surface area contributed by atoms with Gasteiger partial charge in [0.25, 0.3) is 5.56 Å². The maximum Gasteiger partial charge on any atom is 0.407 e. The van der Waals surface area contributed by atoms with E-state index in [1.165, 1.54) is 30.0 Å². The van der Waals surface area contributed by atoms with Crippen LogP contribution in [0.2, 0.25) is 10.0 Å². The lowest BCUT2D eigenvalue weighted by atomic mass is 9.97. The molecular weight excluding hydrogens is 712 g/mol. The summed E-state index contributed by atoms with van der Waals surface area (Å²) in [5.41, 5.74) is 3.10. The largest absolute Gasteiger partial charge is 0.481 e. The number of alkyl carbamates (subject to hydrolysis) is 1. The van der Waals surface area contributed by atoms with E-state index < -0.39 is 11.8 Å². The monoisotopic (exact) mass is 749 g/mol. The van der Waals surface area contributed by atoms with Crippen molar-refractivity contribution in [2.24, 2.45) is 7.05 Å². The van der Waals surface area contributed by atoms with Gasteiger partial charge in [0.05, 0.1) is 35.0 Å². The molecule has 5 aromatic rings. The molecule has 1 fully saturated rings. The van der Waals surface area contributed by atoms with E-state index in [1.807, 2.05) is 36.4 Å². The quantitative estimate of drug-likeness (QED) is 0.139. The number of fused-ring (bicyclic) bond motifs is 1. The highest BCUT2D eigenvalue weighted by molar-refractivity contribution is 6.39. The van der Waals surface area contributed by atoms with E-state index in [2.05, 4.69) is 26.0 Å². The molecule has 2 aromatic carbocycles. The lowest BCUT2D eigenvalue weighted by molar-refractivity contribution is -0.119.